The summed E-state index contributed by atoms with van der Waals surface area (Å²) in [6.45, 7) is 0.636. The molecule has 162 valence electrons. The fraction of sp³-hybridized carbons (Fsp3) is 0.154. The predicted octanol–water partition coefficient (Wildman–Crippen LogP) is 5.19. The molecule has 3 aromatic carbocycles. The first-order valence-corrected chi connectivity index (χ1v) is 10.1. The Morgan fingerprint density at radius 3 is 2.38 bits per heavy atom. The summed E-state index contributed by atoms with van der Waals surface area (Å²) in [5.74, 6) is 1.49. The lowest BCUT2D eigenvalue weighted by atomic mass is 10.1. The van der Waals surface area contributed by atoms with E-state index < -0.39 is 5.97 Å². The van der Waals surface area contributed by atoms with Crippen LogP contribution in [0.3, 0.4) is 0 Å². The monoisotopic (exact) mass is 429 g/mol. The standard InChI is InChI=1S/C26H23NO5/c1-29-25-14-19(26(28)30-2)10-11-20(25)16-31-22-7-5-8-23(15-22)32-17-21-13-12-18-6-3-4-9-24(18)27-21/h3-15H,16-17H2,1-2H3. The van der Waals surface area contributed by atoms with E-state index in [0.29, 0.717) is 29.4 Å². The Morgan fingerprint density at radius 1 is 0.812 bits per heavy atom. The summed E-state index contributed by atoms with van der Waals surface area (Å²) in [6, 6.07) is 24.5. The molecule has 0 saturated heterocycles. The van der Waals surface area contributed by atoms with Gasteiger partial charge in [-0.25, -0.2) is 9.78 Å². The molecule has 0 fully saturated rings. The molecule has 0 aliphatic rings. The number of nitrogens with zero attached hydrogens (tertiary/aromatic N) is 1. The second-order valence-electron chi connectivity index (χ2n) is 7.07. The van der Waals surface area contributed by atoms with Gasteiger partial charge in [-0.15, -0.1) is 0 Å². The first-order valence-electron chi connectivity index (χ1n) is 10.1. The van der Waals surface area contributed by atoms with E-state index in [0.717, 1.165) is 22.2 Å². The van der Waals surface area contributed by atoms with Crippen molar-refractivity contribution in [3.05, 3.63) is 95.7 Å². The molecule has 4 aromatic rings. The number of hydrogen-bond donors (Lipinski definition) is 0. The second-order valence-corrected chi connectivity index (χ2v) is 7.07. The number of ether oxygens (including phenoxy) is 4. The van der Waals surface area contributed by atoms with Gasteiger partial charge in [0.15, 0.2) is 0 Å². The Labute approximate surface area is 186 Å². The van der Waals surface area contributed by atoms with Gasteiger partial charge < -0.3 is 18.9 Å². The molecule has 0 amide bonds. The Kier molecular flexibility index (Phi) is 6.51. The molecule has 1 aromatic heterocycles. The van der Waals surface area contributed by atoms with Crippen LogP contribution in [-0.4, -0.2) is 25.2 Å². The fourth-order valence-electron chi connectivity index (χ4n) is 3.27. The van der Waals surface area contributed by atoms with Gasteiger partial charge in [0.25, 0.3) is 0 Å². The Balaban J connectivity index is 1.40. The minimum absolute atomic E-state index is 0.278. The number of rotatable bonds is 8. The van der Waals surface area contributed by atoms with Gasteiger partial charge in [-0.05, 0) is 36.4 Å². The van der Waals surface area contributed by atoms with Crippen LogP contribution in [0.25, 0.3) is 10.9 Å². The molecule has 0 bridgehead atoms. The molecule has 0 aliphatic heterocycles. The number of methoxy groups -OCH3 is 2. The molecule has 0 atom stereocenters. The third-order valence-electron chi connectivity index (χ3n) is 4.95. The minimum Gasteiger partial charge on any atom is -0.496 e. The first-order chi connectivity index (χ1) is 15.7. The molecule has 0 spiro atoms. The Hall–Kier alpha value is -4.06. The lowest BCUT2D eigenvalue weighted by Gasteiger charge is -2.12. The molecule has 32 heavy (non-hydrogen) atoms. The molecule has 0 aliphatic carbocycles. The van der Waals surface area contributed by atoms with E-state index in [9.17, 15) is 4.79 Å². The van der Waals surface area contributed by atoms with Crippen LogP contribution in [0, 0.1) is 0 Å². The lowest BCUT2D eigenvalue weighted by molar-refractivity contribution is 0.0600. The molecule has 0 N–H and O–H groups in total. The number of pyridine rings is 1. The summed E-state index contributed by atoms with van der Waals surface area (Å²) < 4.78 is 22.0. The maximum atomic E-state index is 11.7. The van der Waals surface area contributed by atoms with Gasteiger partial charge in [0.2, 0.25) is 0 Å². The molecule has 0 saturated carbocycles. The lowest BCUT2D eigenvalue weighted by Crippen LogP contribution is -2.04. The van der Waals surface area contributed by atoms with E-state index in [4.69, 9.17) is 18.9 Å². The zero-order valence-electron chi connectivity index (χ0n) is 17.9. The molecule has 0 unspecified atom stereocenters. The van der Waals surface area contributed by atoms with Crippen LogP contribution in [0.5, 0.6) is 17.2 Å². The smallest absolute Gasteiger partial charge is 0.337 e. The van der Waals surface area contributed by atoms with Crippen molar-refractivity contribution >= 4 is 16.9 Å². The molecular formula is C26H23NO5. The summed E-state index contributed by atoms with van der Waals surface area (Å²) in [5, 5.41) is 1.10. The van der Waals surface area contributed by atoms with Gasteiger partial charge in [-0.3, -0.25) is 0 Å². The number of para-hydroxylation sites is 1. The molecule has 6 heteroatoms. The fourth-order valence-corrected chi connectivity index (χ4v) is 3.27. The average Bonchev–Trinajstić information content (AvgIpc) is 2.85. The highest BCUT2D eigenvalue weighted by molar-refractivity contribution is 5.89. The third-order valence-corrected chi connectivity index (χ3v) is 4.95. The number of hydrogen-bond acceptors (Lipinski definition) is 6. The van der Waals surface area contributed by atoms with Gasteiger partial charge in [-0.1, -0.05) is 36.4 Å². The molecular weight excluding hydrogens is 406 g/mol. The minimum atomic E-state index is -0.415. The highest BCUT2D eigenvalue weighted by Gasteiger charge is 2.11. The Morgan fingerprint density at radius 2 is 1.59 bits per heavy atom. The average molecular weight is 429 g/mol. The van der Waals surface area contributed by atoms with E-state index in [1.54, 1.807) is 25.3 Å². The van der Waals surface area contributed by atoms with E-state index in [1.165, 1.54) is 7.11 Å². The topological polar surface area (TPSA) is 66.9 Å². The summed E-state index contributed by atoms with van der Waals surface area (Å²) in [6.07, 6.45) is 0. The van der Waals surface area contributed by atoms with Crippen LogP contribution in [0.2, 0.25) is 0 Å². The van der Waals surface area contributed by atoms with E-state index in [1.807, 2.05) is 60.7 Å². The predicted molar refractivity (Wildman–Crippen MR) is 121 cm³/mol. The number of esters is 1. The maximum Gasteiger partial charge on any atom is 0.337 e. The molecule has 6 nitrogen and oxygen atoms in total. The van der Waals surface area contributed by atoms with Crippen LogP contribution in [0.15, 0.2) is 78.9 Å². The van der Waals surface area contributed by atoms with Crippen molar-refractivity contribution in [1.29, 1.82) is 0 Å². The van der Waals surface area contributed by atoms with Crippen molar-refractivity contribution in [1.82, 2.24) is 4.98 Å². The molecule has 4 rings (SSSR count). The summed E-state index contributed by atoms with van der Waals surface area (Å²) in [4.78, 5) is 16.3. The summed E-state index contributed by atoms with van der Waals surface area (Å²) in [7, 11) is 2.89. The molecule has 1 heterocycles. The van der Waals surface area contributed by atoms with E-state index in [-0.39, 0.29) is 6.61 Å². The SMILES string of the molecule is COC(=O)c1ccc(COc2cccc(OCc3ccc4ccccc4n3)c2)c(OC)c1. The highest BCUT2D eigenvalue weighted by atomic mass is 16.5. The van der Waals surface area contributed by atoms with Crippen molar-refractivity contribution < 1.29 is 23.7 Å². The number of aromatic nitrogens is 1. The van der Waals surface area contributed by atoms with Gasteiger partial charge in [-0.2, -0.15) is 0 Å². The zero-order valence-corrected chi connectivity index (χ0v) is 17.9. The van der Waals surface area contributed by atoms with Gasteiger partial charge in [0, 0.05) is 17.0 Å². The Bertz CT molecular complexity index is 1240. The van der Waals surface area contributed by atoms with Crippen LogP contribution in [-0.2, 0) is 18.0 Å². The van der Waals surface area contributed by atoms with Gasteiger partial charge >= 0.3 is 5.97 Å². The third kappa shape index (κ3) is 4.98. The van der Waals surface area contributed by atoms with Gasteiger partial charge in [0.1, 0.15) is 30.5 Å². The number of carbonyl (C=O) groups is 1. The largest absolute Gasteiger partial charge is 0.496 e. The van der Waals surface area contributed by atoms with Crippen molar-refractivity contribution in [3.8, 4) is 17.2 Å². The van der Waals surface area contributed by atoms with E-state index >= 15 is 0 Å². The van der Waals surface area contributed by atoms with Crippen molar-refractivity contribution in [3.63, 3.8) is 0 Å². The van der Waals surface area contributed by atoms with Crippen LogP contribution in [0.1, 0.15) is 21.6 Å². The number of benzene rings is 3. The van der Waals surface area contributed by atoms with Crippen LogP contribution >= 0.6 is 0 Å². The van der Waals surface area contributed by atoms with E-state index in [2.05, 4.69) is 4.98 Å². The molecule has 0 radical (unpaired) electrons. The van der Waals surface area contributed by atoms with Crippen molar-refractivity contribution in [2.75, 3.05) is 14.2 Å². The van der Waals surface area contributed by atoms with Crippen LogP contribution in [0.4, 0.5) is 0 Å². The quantitative estimate of drug-likeness (QED) is 0.359. The number of carbonyl (C=O) groups excluding carboxylic acids is 1. The maximum absolute atomic E-state index is 11.7. The number of fused-ring (bicyclic) bond motifs is 1. The normalized spacial score (nSPS) is 10.6. The summed E-state index contributed by atoms with van der Waals surface area (Å²) >= 11 is 0. The zero-order chi connectivity index (χ0) is 22.3. The summed E-state index contributed by atoms with van der Waals surface area (Å²) in [5.41, 5.74) is 3.03. The van der Waals surface area contributed by atoms with Gasteiger partial charge in [0.05, 0.1) is 31.0 Å². The van der Waals surface area contributed by atoms with Crippen LogP contribution < -0.4 is 14.2 Å². The first kappa shape index (κ1) is 21.2. The highest BCUT2D eigenvalue weighted by Crippen LogP contribution is 2.25. The second kappa shape index (κ2) is 9.83. The van der Waals surface area contributed by atoms with Crippen molar-refractivity contribution in [2.45, 2.75) is 13.2 Å². The van der Waals surface area contributed by atoms with Crippen molar-refractivity contribution in [2.24, 2.45) is 0 Å².